The van der Waals surface area contributed by atoms with Crippen LogP contribution < -0.4 is 16.0 Å². The van der Waals surface area contributed by atoms with Crippen molar-refractivity contribution in [3.05, 3.63) is 30.3 Å². The van der Waals surface area contributed by atoms with Crippen LogP contribution in [0.25, 0.3) is 0 Å². The summed E-state index contributed by atoms with van der Waals surface area (Å²) in [6.45, 7) is 2.37. The number of para-hydroxylation sites is 1. The number of carbonyl (C=O) groups excluding carboxylic acids is 3. The Morgan fingerprint density at radius 1 is 1.07 bits per heavy atom. The molecule has 7 heteroatoms. The maximum atomic E-state index is 12.4. The van der Waals surface area contributed by atoms with E-state index >= 15 is 0 Å². The van der Waals surface area contributed by atoms with Gasteiger partial charge in [0.15, 0.2) is 0 Å². The molecular formula is C20H28N4O3. The molecule has 2 fully saturated rings. The van der Waals surface area contributed by atoms with E-state index in [1.165, 1.54) is 0 Å². The number of nitrogens with zero attached hydrogens (tertiary/aromatic N) is 1. The van der Waals surface area contributed by atoms with Gasteiger partial charge in [0.2, 0.25) is 17.7 Å². The fraction of sp³-hybridized carbons (Fsp3) is 0.550. The Morgan fingerprint density at radius 2 is 1.81 bits per heavy atom. The Kier molecular flexibility index (Phi) is 6.81. The van der Waals surface area contributed by atoms with E-state index in [4.69, 9.17) is 0 Å². The Bertz CT molecular complexity index is 656. The lowest BCUT2D eigenvalue weighted by Gasteiger charge is -2.31. The minimum Gasteiger partial charge on any atom is -0.354 e. The molecule has 3 rings (SSSR count). The smallest absolute Gasteiger partial charge is 0.242 e. The number of hydrogen-bond donors (Lipinski definition) is 3. The minimum atomic E-state index is -0.422. The summed E-state index contributed by atoms with van der Waals surface area (Å²) in [6, 6.07) is 9.03. The maximum absolute atomic E-state index is 12.4. The number of nitrogens with one attached hydrogen (secondary N) is 3. The molecule has 0 spiro atoms. The van der Waals surface area contributed by atoms with Crippen LogP contribution in [0.3, 0.4) is 0 Å². The van der Waals surface area contributed by atoms with Crippen molar-refractivity contribution in [3.63, 3.8) is 0 Å². The van der Waals surface area contributed by atoms with Crippen LogP contribution in [0.4, 0.5) is 5.69 Å². The number of carbonyl (C=O) groups is 3. The molecular weight excluding hydrogens is 344 g/mol. The van der Waals surface area contributed by atoms with Gasteiger partial charge in [-0.1, -0.05) is 18.2 Å². The standard InChI is InChI=1S/C20H28N4O3/c25-18(23-17-8-4-5-11-21-20(17)27)14-24-12-9-15(10-13-24)19(26)22-16-6-2-1-3-7-16/h1-3,6-7,15,17H,4-5,8-14H2,(H,21,27)(H,22,26)(H,23,25). The van der Waals surface area contributed by atoms with Gasteiger partial charge in [-0.2, -0.15) is 0 Å². The van der Waals surface area contributed by atoms with E-state index in [9.17, 15) is 14.4 Å². The highest BCUT2D eigenvalue weighted by atomic mass is 16.2. The third kappa shape index (κ3) is 5.79. The second-order valence-electron chi connectivity index (χ2n) is 7.31. The summed E-state index contributed by atoms with van der Waals surface area (Å²) in [4.78, 5) is 38.6. The molecule has 2 aliphatic heterocycles. The second-order valence-corrected chi connectivity index (χ2v) is 7.31. The molecule has 1 atom stereocenters. The average Bonchev–Trinajstić information content (AvgIpc) is 2.87. The molecule has 146 valence electrons. The number of rotatable bonds is 5. The molecule has 2 saturated heterocycles. The van der Waals surface area contributed by atoms with Gasteiger partial charge in [0.25, 0.3) is 0 Å². The zero-order valence-electron chi connectivity index (χ0n) is 15.6. The highest BCUT2D eigenvalue weighted by molar-refractivity contribution is 5.92. The first kappa shape index (κ1) is 19.4. The van der Waals surface area contributed by atoms with Gasteiger partial charge >= 0.3 is 0 Å². The lowest BCUT2D eigenvalue weighted by Crippen LogP contribution is -2.49. The summed E-state index contributed by atoms with van der Waals surface area (Å²) in [7, 11) is 0. The van der Waals surface area contributed by atoms with Gasteiger partial charge in [-0.3, -0.25) is 19.3 Å². The van der Waals surface area contributed by atoms with Crippen molar-refractivity contribution in [2.75, 3.05) is 31.5 Å². The van der Waals surface area contributed by atoms with E-state index in [0.29, 0.717) is 26.1 Å². The monoisotopic (exact) mass is 372 g/mol. The van der Waals surface area contributed by atoms with Crippen molar-refractivity contribution in [1.82, 2.24) is 15.5 Å². The van der Waals surface area contributed by atoms with E-state index < -0.39 is 6.04 Å². The highest BCUT2D eigenvalue weighted by Gasteiger charge is 2.27. The normalized spacial score (nSPS) is 21.8. The zero-order valence-corrected chi connectivity index (χ0v) is 15.6. The van der Waals surface area contributed by atoms with E-state index in [0.717, 1.165) is 31.4 Å². The van der Waals surface area contributed by atoms with Crippen LogP contribution in [0, 0.1) is 5.92 Å². The van der Waals surface area contributed by atoms with E-state index in [2.05, 4.69) is 20.9 Å². The zero-order chi connectivity index (χ0) is 19.1. The van der Waals surface area contributed by atoms with Gasteiger partial charge in [0.05, 0.1) is 6.54 Å². The molecule has 0 bridgehead atoms. The summed E-state index contributed by atoms with van der Waals surface area (Å²) < 4.78 is 0. The Balaban J connectivity index is 1.40. The first-order valence-electron chi connectivity index (χ1n) is 9.77. The number of anilines is 1. The summed E-state index contributed by atoms with van der Waals surface area (Å²) in [5, 5.41) is 8.63. The van der Waals surface area contributed by atoms with Crippen LogP contribution >= 0.6 is 0 Å². The van der Waals surface area contributed by atoms with Crippen molar-refractivity contribution < 1.29 is 14.4 Å². The molecule has 27 heavy (non-hydrogen) atoms. The molecule has 3 amide bonds. The number of benzene rings is 1. The molecule has 7 nitrogen and oxygen atoms in total. The fourth-order valence-corrected chi connectivity index (χ4v) is 3.64. The Hall–Kier alpha value is -2.41. The van der Waals surface area contributed by atoms with Gasteiger partial charge in [0.1, 0.15) is 6.04 Å². The molecule has 1 unspecified atom stereocenters. The van der Waals surface area contributed by atoms with Gasteiger partial charge in [-0.25, -0.2) is 0 Å². The van der Waals surface area contributed by atoms with Gasteiger partial charge < -0.3 is 16.0 Å². The van der Waals surface area contributed by atoms with Gasteiger partial charge in [0, 0.05) is 18.2 Å². The van der Waals surface area contributed by atoms with Crippen LogP contribution in [-0.4, -0.2) is 54.8 Å². The molecule has 1 aromatic rings. The number of amides is 3. The molecule has 2 aliphatic rings. The molecule has 3 N–H and O–H groups in total. The third-order valence-electron chi connectivity index (χ3n) is 5.24. The molecule has 0 saturated carbocycles. The van der Waals surface area contributed by atoms with Gasteiger partial charge in [-0.15, -0.1) is 0 Å². The summed E-state index contributed by atoms with van der Waals surface area (Å²) in [5.41, 5.74) is 0.811. The Labute approximate surface area is 159 Å². The van der Waals surface area contributed by atoms with Crippen LogP contribution in [-0.2, 0) is 14.4 Å². The topological polar surface area (TPSA) is 90.5 Å². The van der Waals surface area contributed by atoms with E-state index in [1.54, 1.807) is 0 Å². The summed E-state index contributed by atoms with van der Waals surface area (Å²) >= 11 is 0. The summed E-state index contributed by atoms with van der Waals surface area (Å²) in [6.07, 6.45) is 4.05. The maximum Gasteiger partial charge on any atom is 0.242 e. The van der Waals surface area contributed by atoms with Crippen molar-refractivity contribution in [1.29, 1.82) is 0 Å². The quantitative estimate of drug-likeness (QED) is 0.723. The van der Waals surface area contributed by atoms with Crippen LogP contribution in [0.2, 0.25) is 0 Å². The van der Waals surface area contributed by atoms with Gasteiger partial charge in [-0.05, 0) is 57.3 Å². The minimum absolute atomic E-state index is 0.0304. The number of hydrogen-bond acceptors (Lipinski definition) is 4. The largest absolute Gasteiger partial charge is 0.354 e. The van der Waals surface area contributed by atoms with Crippen molar-refractivity contribution in [2.24, 2.45) is 5.92 Å². The molecule has 0 aliphatic carbocycles. The first-order chi connectivity index (χ1) is 13.1. The van der Waals surface area contributed by atoms with Crippen molar-refractivity contribution in [2.45, 2.75) is 38.1 Å². The molecule has 0 aromatic heterocycles. The molecule has 0 radical (unpaired) electrons. The molecule has 2 heterocycles. The SMILES string of the molecule is O=C(CN1CCC(C(=O)Nc2ccccc2)CC1)NC1CCCCNC1=O. The lowest BCUT2D eigenvalue weighted by atomic mass is 9.95. The number of likely N-dealkylation sites (tertiary alicyclic amines) is 1. The molecule has 1 aromatic carbocycles. The van der Waals surface area contributed by atoms with Crippen LogP contribution in [0.15, 0.2) is 30.3 Å². The predicted molar refractivity (Wildman–Crippen MR) is 103 cm³/mol. The van der Waals surface area contributed by atoms with E-state index in [1.807, 2.05) is 30.3 Å². The lowest BCUT2D eigenvalue weighted by molar-refractivity contribution is -0.129. The van der Waals surface area contributed by atoms with Crippen LogP contribution in [0.1, 0.15) is 32.1 Å². The van der Waals surface area contributed by atoms with Crippen molar-refractivity contribution >= 4 is 23.4 Å². The fourth-order valence-electron chi connectivity index (χ4n) is 3.64. The Morgan fingerprint density at radius 3 is 2.56 bits per heavy atom. The first-order valence-corrected chi connectivity index (χ1v) is 9.77. The second kappa shape index (κ2) is 9.50. The summed E-state index contributed by atoms with van der Waals surface area (Å²) in [5.74, 6) is -0.195. The average molecular weight is 372 g/mol. The number of piperidine rings is 1. The van der Waals surface area contributed by atoms with Crippen LogP contribution in [0.5, 0.6) is 0 Å². The predicted octanol–water partition coefficient (Wildman–Crippen LogP) is 1.12. The third-order valence-corrected chi connectivity index (χ3v) is 5.24. The van der Waals surface area contributed by atoms with E-state index in [-0.39, 0.29) is 30.2 Å². The highest BCUT2D eigenvalue weighted by Crippen LogP contribution is 2.19. The van der Waals surface area contributed by atoms with Crippen molar-refractivity contribution in [3.8, 4) is 0 Å².